The minimum absolute atomic E-state index is 0.652. The number of para-hydroxylation sites is 1. The average Bonchev–Trinajstić information content (AvgIpc) is 3.70. The second-order valence-corrected chi connectivity index (χ2v) is 15.6. The number of pyridine rings is 1. The molecule has 0 saturated heterocycles. The first-order valence-corrected chi connectivity index (χ1v) is 20.4. The Morgan fingerprint density at radius 2 is 0.750 bits per heavy atom. The van der Waals surface area contributed by atoms with Gasteiger partial charge in [-0.1, -0.05) is 127 Å². The topological polar surface area (TPSA) is 29.3 Å². The van der Waals surface area contributed by atoms with Crippen molar-refractivity contribution in [3.63, 3.8) is 0 Å². The first-order valence-electron chi connectivity index (χ1n) is 20.4. The molecule has 2 heterocycles. The minimum atomic E-state index is 0.652. The third-order valence-electron chi connectivity index (χ3n) is 12.0. The largest absolute Gasteiger partial charge is 0.438 e. The Balaban J connectivity index is 0.927. The molecule has 10 aromatic carbocycles. The molecule has 3 nitrogen and oxygen atoms in total. The molecule has 280 valence electrons. The van der Waals surface area contributed by atoms with Gasteiger partial charge in [0.25, 0.3) is 0 Å². The van der Waals surface area contributed by atoms with Crippen LogP contribution in [0, 0.1) is 0 Å². The van der Waals surface area contributed by atoms with E-state index in [0.29, 0.717) is 5.71 Å². The van der Waals surface area contributed by atoms with Gasteiger partial charge in [0.1, 0.15) is 5.58 Å². The number of hydrogen-bond donors (Lipinski definition) is 0. The molecule has 0 N–H and O–H groups in total. The van der Waals surface area contributed by atoms with Crippen LogP contribution in [0.1, 0.15) is 0 Å². The Labute approximate surface area is 347 Å². The number of furan rings is 1. The summed E-state index contributed by atoms with van der Waals surface area (Å²) in [7, 11) is 0. The second kappa shape index (κ2) is 13.8. The number of hydrogen-bond acceptors (Lipinski definition) is 3. The van der Waals surface area contributed by atoms with Gasteiger partial charge in [-0.05, 0) is 161 Å². The SMILES string of the molecule is c1ccc2cc3cc(-c4ccc(N(c5ccc(-c6ccc7cc8ccccc8cc7c6)cc5)c5ccc(-c6ccnc7oc8ccccc8c67)cc5)cc4)ccc3cc2c1. The van der Waals surface area contributed by atoms with Gasteiger partial charge in [0.05, 0.1) is 5.39 Å². The third kappa shape index (κ3) is 5.87. The molecule has 0 spiro atoms. The van der Waals surface area contributed by atoms with Gasteiger partial charge in [0, 0.05) is 28.6 Å². The Morgan fingerprint density at radius 3 is 1.27 bits per heavy atom. The van der Waals surface area contributed by atoms with E-state index in [4.69, 9.17) is 4.42 Å². The van der Waals surface area contributed by atoms with Gasteiger partial charge in [0.15, 0.2) is 0 Å². The lowest BCUT2D eigenvalue weighted by Gasteiger charge is -2.26. The maximum absolute atomic E-state index is 6.13. The predicted molar refractivity (Wildman–Crippen MR) is 253 cm³/mol. The van der Waals surface area contributed by atoms with Crippen molar-refractivity contribution in [1.29, 1.82) is 0 Å². The number of benzene rings is 10. The van der Waals surface area contributed by atoms with Crippen molar-refractivity contribution in [3.05, 3.63) is 219 Å². The van der Waals surface area contributed by atoms with E-state index in [1.165, 1.54) is 65.3 Å². The number of rotatable bonds is 6. The van der Waals surface area contributed by atoms with E-state index >= 15 is 0 Å². The number of fused-ring (bicyclic) bond motifs is 7. The van der Waals surface area contributed by atoms with Crippen molar-refractivity contribution in [1.82, 2.24) is 4.98 Å². The van der Waals surface area contributed by atoms with Crippen LogP contribution < -0.4 is 4.90 Å². The van der Waals surface area contributed by atoms with Gasteiger partial charge in [-0.3, -0.25) is 0 Å². The summed E-state index contributed by atoms with van der Waals surface area (Å²) >= 11 is 0. The molecule has 0 atom stereocenters. The lowest BCUT2D eigenvalue weighted by Crippen LogP contribution is -2.09. The normalized spacial score (nSPS) is 11.7. The zero-order valence-electron chi connectivity index (χ0n) is 32.6. The molecular weight excluding hydrogens is 729 g/mol. The quantitative estimate of drug-likeness (QED) is 0.158. The van der Waals surface area contributed by atoms with E-state index in [9.17, 15) is 0 Å². The van der Waals surface area contributed by atoms with E-state index in [2.05, 4.69) is 210 Å². The van der Waals surface area contributed by atoms with Crippen LogP contribution in [-0.2, 0) is 0 Å². The zero-order valence-corrected chi connectivity index (χ0v) is 32.6. The fourth-order valence-electron chi connectivity index (χ4n) is 8.97. The van der Waals surface area contributed by atoms with Crippen LogP contribution in [-0.4, -0.2) is 4.98 Å². The van der Waals surface area contributed by atoms with Crippen LogP contribution in [0.2, 0.25) is 0 Å². The van der Waals surface area contributed by atoms with Crippen LogP contribution >= 0.6 is 0 Å². The summed E-state index contributed by atoms with van der Waals surface area (Å²) in [5.74, 6) is 0. The first-order chi connectivity index (χ1) is 29.7. The maximum atomic E-state index is 6.13. The van der Waals surface area contributed by atoms with Gasteiger partial charge < -0.3 is 9.32 Å². The molecule has 12 aromatic rings. The van der Waals surface area contributed by atoms with E-state index in [1.807, 2.05) is 18.3 Å². The Bertz CT molecular complexity index is 3420. The summed E-state index contributed by atoms with van der Waals surface area (Å²) < 4.78 is 6.13. The molecule has 0 aliphatic rings. The molecule has 0 aliphatic heterocycles. The smallest absolute Gasteiger partial charge is 0.227 e. The lowest BCUT2D eigenvalue weighted by molar-refractivity contribution is 0.654. The number of anilines is 3. The average molecular weight is 765 g/mol. The fourth-order valence-corrected chi connectivity index (χ4v) is 8.97. The molecule has 2 aromatic heterocycles. The van der Waals surface area contributed by atoms with Gasteiger partial charge in [-0.15, -0.1) is 0 Å². The lowest BCUT2D eigenvalue weighted by atomic mass is 9.98. The Kier molecular flexibility index (Phi) is 7.85. The third-order valence-corrected chi connectivity index (χ3v) is 12.0. The standard InChI is InChI=1S/C57H36N2O/c1-3-9-42-33-48-35-44(13-15-46(48)31-40(42)7-1)37-17-23-50(24-18-37)59(52-27-21-39(22-28-52)53-29-30-58-57-56(53)54-11-5-6-12-55(54)60-57)51-25-19-38(20-26-51)45-14-16-47-32-41-8-2-4-10-43(41)34-49(47)36-45/h1-36H. The van der Waals surface area contributed by atoms with E-state index in [-0.39, 0.29) is 0 Å². The van der Waals surface area contributed by atoms with Crippen molar-refractivity contribution in [2.75, 3.05) is 4.90 Å². The van der Waals surface area contributed by atoms with E-state index < -0.39 is 0 Å². The number of aromatic nitrogens is 1. The second-order valence-electron chi connectivity index (χ2n) is 15.6. The van der Waals surface area contributed by atoms with Gasteiger partial charge in [0.2, 0.25) is 5.71 Å². The Morgan fingerprint density at radius 1 is 0.333 bits per heavy atom. The maximum Gasteiger partial charge on any atom is 0.227 e. The molecule has 12 rings (SSSR count). The highest BCUT2D eigenvalue weighted by atomic mass is 16.3. The summed E-state index contributed by atoms with van der Waals surface area (Å²) in [6.07, 6.45) is 1.83. The highest BCUT2D eigenvalue weighted by Crippen LogP contribution is 2.40. The highest BCUT2D eigenvalue weighted by Gasteiger charge is 2.17. The fraction of sp³-hybridized carbons (Fsp3) is 0. The molecule has 0 unspecified atom stereocenters. The molecule has 3 heteroatoms. The van der Waals surface area contributed by atoms with Gasteiger partial charge in [-0.25, -0.2) is 4.98 Å². The van der Waals surface area contributed by atoms with E-state index in [0.717, 1.165) is 44.5 Å². The summed E-state index contributed by atoms with van der Waals surface area (Å²) in [5, 5.41) is 12.1. The van der Waals surface area contributed by atoms with Crippen LogP contribution in [0.3, 0.4) is 0 Å². The first kappa shape index (κ1) is 34.1. The highest BCUT2D eigenvalue weighted by molar-refractivity contribution is 6.11. The van der Waals surface area contributed by atoms with Crippen LogP contribution in [0.15, 0.2) is 223 Å². The molecule has 60 heavy (non-hydrogen) atoms. The van der Waals surface area contributed by atoms with Crippen LogP contribution in [0.25, 0.3) is 98.5 Å². The molecule has 0 radical (unpaired) electrons. The Hall–Kier alpha value is -8.01. The zero-order chi connectivity index (χ0) is 39.6. The molecule has 0 fully saturated rings. The van der Waals surface area contributed by atoms with E-state index in [1.54, 1.807) is 0 Å². The van der Waals surface area contributed by atoms with Crippen molar-refractivity contribution < 1.29 is 4.42 Å². The van der Waals surface area contributed by atoms with Gasteiger partial charge in [-0.2, -0.15) is 0 Å². The van der Waals surface area contributed by atoms with Crippen molar-refractivity contribution >= 4 is 82.2 Å². The molecule has 0 bridgehead atoms. The summed E-state index contributed by atoms with van der Waals surface area (Å²) in [6, 6.07) is 76.8. The summed E-state index contributed by atoms with van der Waals surface area (Å²) in [4.78, 5) is 6.91. The van der Waals surface area contributed by atoms with Crippen molar-refractivity contribution in [2.24, 2.45) is 0 Å². The van der Waals surface area contributed by atoms with Crippen molar-refractivity contribution in [2.45, 2.75) is 0 Å². The number of nitrogens with zero attached hydrogens (tertiary/aromatic N) is 2. The molecular formula is C57H36N2O. The van der Waals surface area contributed by atoms with Gasteiger partial charge >= 0.3 is 0 Å². The summed E-state index contributed by atoms with van der Waals surface area (Å²) in [5.41, 5.74) is 11.7. The molecule has 0 aliphatic carbocycles. The minimum Gasteiger partial charge on any atom is -0.438 e. The van der Waals surface area contributed by atoms with Crippen LogP contribution in [0.5, 0.6) is 0 Å². The predicted octanol–water partition coefficient (Wildman–Crippen LogP) is 16.1. The molecule has 0 amide bonds. The molecule has 0 saturated carbocycles. The van der Waals surface area contributed by atoms with Crippen LogP contribution in [0.4, 0.5) is 17.1 Å². The van der Waals surface area contributed by atoms with Crippen molar-refractivity contribution in [3.8, 4) is 33.4 Å². The summed E-state index contributed by atoms with van der Waals surface area (Å²) in [6.45, 7) is 0. The monoisotopic (exact) mass is 764 g/mol.